The molecule has 1 aromatic carbocycles. The van der Waals surface area contributed by atoms with Gasteiger partial charge in [-0.25, -0.2) is 22.0 Å². The average Bonchev–Trinajstić information content (AvgIpc) is 2.84. The summed E-state index contributed by atoms with van der Waals surface area (Å²) in [5.41, 5.74) is -0.742. The summed E-state index contributed by atoms with van der Waals surface area (Å²) in [6.07, 6.45) is 12.3. The van der Waals surface area contributed by atoms with E-state index in [2.05, 4.69) is 6.92 Å². The van der Waals surface area contributed by atoms with Gasteiger partial charge in [0.2, 0.25) is 5.82 Å². The fourth-order valence-corrected chi connectivity index (χ4v) is 4.85. The van der Waals surface area contributed by atoms with Crippen LogP contribution in [0, 0.1) is 35.0 Å². The third-order valence-corrected chi connectivity index (χ3v) is 6.76. The van der Waals surface area contributed by atoms with Crippen molar-refractivity contribution in [1.82, 2.24) is 0 Å². The molecule has 8 heteroatoms. The molecule has 0 aromatic heterocycles. The van der Waals surface area contributed by atoms with Gasteiger partial charge in [-0.1, -0.05) is 77.6 Å². The van der Waals surface area contributed by atoms with Gasteiger partial charge in [-0.2, -0.15) is 0 Å². The second-order valence-electron chi connectivity index (χ2n) is 10.9. The first-order valence-electron chi connectivity index (χ1n) is 14.5. The predicted octanol–water partition coefficient (Wildman–Crippen LogP) is 9.52. The van der Waals surface area contributed by atoms with Crippen LogP contribution in [-0.4, -0.2) is 23.3 Å². The van der Waals surface area contributed by atoms with Gasteiger partial charge in [0.25, 0.3) is 5.97 Å². The largest absolute Gasteiger partial charge is 0.343 e. The maximum atomic E-state index is 13.8. The third kappa shape index (κ3) is 11.9. The maximum absolute atomic E-state index is 13.8. The Kier molecular flexibility index (Phi) is 16.6. The van der Waals surface area contributed by atoms with Crippen molar-refractivity contribution in [2.45, 2.75) is 149 Å². The van der Waals surface area contributed by atoms with Crippen LogP contribution in [0.2, 0.25) is 0 Å². The van der Waals surface area contributed by atoms with Crippen molar-refractivity contribution >= 4 is 0 Å². The van der Waals surface area contributed by atoms with Crippen LogP contribution in [0.25, 0.3) is 0 Å². The van der Waals surface area contributed by atoms with Crippen LogP contribution in [0.1, 0.15) is 130 Å². The Labute approximate surface area is 226 Å². The van der Waals surface area contributed by atoms with Crippen LogP contribution in [0.5, 0.6) is 0 Å². The summed E-state index contributed by atoms with van der Waals surface area (Å²) in [5, 5.41) is 11.4. The molecule has 1 atom stereocenters. The summed E-state index contributed by atoms with van der Waals surface area (Å²) in [6.45, 7) is 9.70. The fraction of sp³-hybridized carbons (Fsp3) is 0.800. The zero-order chi connectivity index (χ0) is 28.7. The topological polar surface area (TPSA) is 38.7 Å². The van der Waals surface area contributed by atoms with E-state index in [9.17, 15) is 27.1 Å². The summed E-state index contributed by atoms with van der Waals surface area (Å²) < 4.78 is 79.3. The molecular weight excluding hydrogens is 503 g/mol. The average molecular weight is 553 g/mol. The second-order valence-corrected chi connectivity index (χ2v) is 10.9. The van der Waals surface area contributed by atoms with Gasteiger partial charge in [-0.3, -0.25) is 0 Å². The molecule has 38 heavy (non-hydrogen) atoms. The van der Waals surface area contributed by atoms with Gasteiger partial charge in [0.1, 0.15) is 0 Å². The van der Waals surface area contributed by atoms with E-state index in [0.717, 1.165) is 51.4 Å². The molecule has 0 aliphatic heterocycles. The minimum absolute atomic E-state index is 0.160. The van der Waals surface area contributed by atoms with Crippen LogP contribution in [0.3, 0.4) is 0 Å². The van der Waals surface area contributed by atoms with E-state index in [1.54, 1.807) is 0 Å². The molecule has 0 heterocycles. The highest BCUT2D eigenvalue weighted by molar-refractivity contribution is 5.24. The van der Waals surface area contributed by atoms with Gasteiger partial charge < -0.3 is 14.6 Å². The summed E-state index contributed by atoms with van der Waals surface area (Å²) >= 11 is 0. The van der Waals surface area contributed by atoms with Gasteiger partial charge in [-0.05, 0) is 53.4 Å². The van der Waals surface area contributed by atoms with E-state index in [1.165, 1.54) is 25.7 Å². The van der Waals surface area contributed by atoms with Gasteiger partial charge in [0.15, 0.2) is 23.3 Å². The molecule has 222 valence electrons. The van der Waals surface area contributed by atoms with E-state index in [4.69, 9.17) is 9.47 Å². The first kappa shape index (κ1) is 34.8. The molecule has 3 nitrogen and oxygen atoms in total. The number of rotatable bonds is 21. The van der Waals surface area contributed by atoms with E-state index in [0.29, 0.717) is 12.8 Å². The van der Waals surface area contributed by atoms with Crippen LogP contribution in [-0.2, 0) is 15.9 Å². The molecule has 0 spiro atoms. The number of aliphatic hydroxyl groups is 1. The van der Waals surface area contributed by atoms with E-state index < -0.39 is 40.6 Å². The normalized spacial score (nSPS) is 13.2. The first-order valence-corrected chi connectivity index (χ1v) is 14.5. The monoisotopic (exact) mass is 552 g/mol. The third-order valence-electron chi connectivity index (χ3n) is 6.76. The molecule has 0 amide bonds. The van der Waals surface area contributed by atoms with Crippen molar-refractivity contribution in [3.05, 3.63) is 34.6 Å². The molecule has 0 bridgehead atoms. The van der Waals surface area contributed by atoms with Crippen molar-refractivity contribution in [2.75, 3.05) is 0 Å². The Hall–Kier alpha value is -1.25. The zero-order valence-electron chi connectivity index (χ0n) is 24.0. The molecule has 1 aromatic rings. The van der Waals surface area contributed by atoms with Crippen LogP contribution in [0.4, 0.5) is 22.0 Å². The fourth-order valence-electron chi connectivity index (χ4n) is 4.85. The Morgan fingerprint density at radius 3 is 1.37 bits per heavy atom. The number of ether oxygens (including phenoxy) is 2. The minimum Gasteiger partial charge on any atom is -0.343 e. The standard InChI is InChI=1S/C30H49F5O3/c1-6-7-8-9-12-15-18-23(30(36,37-21(2)3)38-22(4)5)19-16-13-10-11-14-17-20-24-25(31)27(33)29(35)28(34)26(24)32/h21-23,36H,6-20H2,1-5H3. The van der Waals surface area contributed by atoms with Crippen molar-refractivity contribution in [3.8, 4) is 0 Å². The van der Waals surface area contributed by atoms with Crippen molar-refractivity contribution in [2.24, 2.45) is 5.92 Å². The molecule has 0 radical (unpaired) electrons. The molecule has 0 saturated carbocycles. The van der Waals surface area contributed by atoms with E-state index >= 15 is 0 Å². The summed E-state index contributed by atoms with van der Waals surface area (Å²) in [4.78, 5) is 0. The zero-order valence-corrected chi connectivity index (χ0v) is 24.0. The SMILES string of the molecule is CCCCCCCCC(CCCCCCCCc1c(F)c(F)c(F)c(F)c1F)C(O)(OC(C)C)OC(C)C. The quantitative estimate of drug-likeness (QED) is 0.0543. The summed E-state index contributed by atoms with van der Waals surface area (Å²) in [7, 11) is 0. The molecular formula is C30H49F5O3. The van der Waals surface area contributed by atoms with Crippen LogP contribution in [0.15, 0.2) is 0 Å². The van der Waals surface area contributed by atoms with Gasteiger partial charge >= 0.3 is 0 Å². The molecule has 1 unspecified atom stereocenters. The molecule has 0 saturated heterocycles. The highest BCUT2D eigenvalue weighted by atomic mass is 19.2. The number of benzene rings is 1. The lowest BCUT2D eigenvalue weighted by atomic mass is 9.91. The van der Waals surface area contributed by atoms with Gasteiger partial charge in [0, 0.05) is 11.5 Å². The minimum atomic E-state index is -2.12. The van der Waals surface area contributed by atoms with E-state index in [-0.39, 0.29) is 24.5 Å². The molecule has 1 N–H and O–H groups in total. The highest BCUT2D eigenvalue weighted by Gasteiger charge is 2.40. The molecule has 0 aliphatic carbocycles. The predicted molar refractivity (Wildman–Crippen MR) is 141 cm³/mol. The van der Waals surface area contributed by atoms with Crippen molar-refractivity contribution in [3.63, 3.8) is 0 Å². The summed E-state index contributed by atoms with van der Waals surface area (Å²) in [6, 6.07) is 0. The molecule has 1 rings (SSSR count). The lowest BCUT2D eigenvalue weighted by molar-refractivity contribution is -0.407. The smallest absolute Gasteiger partial charge is 0.283 e. The van der Waals surface area contributed by atoms with E-state index in [1.807, 2.05) is 27.7 Å². The number of hydrogen-bond acceptors (Lipinski definition) is 3. The molecule has 0 fully saturated rings. The lowest BCUT2D eigenvalue weighted by Gasteiger charge is -2.38. The maximum Gasteiger partial charge on any atom is 0.283 e. The number of halogens is 5. The van der Waals surface area contributed by atoms with Crippen molar-refractivity contribution < 1.29 is 36.5 Å². The number of hydrogen-bond donors (Lipinski definition) is 1. The first-order chi connectivity index (χ1) is 17.9. The molecule has 0 aliphatic rings. The second kappa shape index (κ2) is 18.2. The Morgan fingerprint density at radius 1 is 0.579 bits per heavy atom. The van der Waals surface area contributed by atoms with Crippen LogP contribution >= 0.6 is 0 Å². The van der Waals surface area contributed by atoms with Crippen LogP contribution < -0.4 is 0 Å². The van der Waals surface area contributed by atoms with Gasteiger partial charge in [-0.15, -0.1) is 0 Å². The van der Waals surface area contributed by atoms with Crippen molar-refractivity contribution in [1.29, 1.82) is 0 Å². The Bertz CT molecular complexity index is 762. The summed E-state index contributed by atoms with van der Waals surface area (Å²) in [5.74, 6) is -11.2. The number of unbranched alkanes of at least 4 members (excludes halogenated alkanes) is 10. The lowest BCUT2D eigenvalue weighted by Crippen LogP contribution is -2.47. The Balaban J connectivity index is 2.55. The highest BCUT2D eigenvalue weighted by Crippen LogP contribution is 2.33. The van der Waals surface area contributed by atoms with Gasteiger partial charge in [0.05, 0.1) is 12.2 Å². The Morgan fingerprint density at radius 2 is 0.947 bits per heavy atom.